The van der Waals surface area contributed by atoms with Crippen molar-refractivity contribution in [2.75, 3.05) is 26.2 Å². The fourth-order valence-corrected chi connectivity index (χ4v) is 4.30. The molecule has 2 fully saturated rings. The van der Waals surface area contributed by atoms with Crippen LogP contribution in [0.5, 0.6) is 0 Å². The van der Waals surface area contributed by atoms with Crippen LogP contribution in [0.1, 0.15) is 55.5 Å². The minimum absolute atomic E-state index is 0.209. The van der Waals surface area contributed by atoms with Crippen LogP contribution in [-0.4, -0.2) is 47.9 Å². The number of carbonyl (C=O) groups excluding carboxylic acids is 1. The summed E-state index contributed by atoms with van der Waals surface area (Å²) in [5.74, 6) is 1.62. The fourth-order valence-electron chi connectivity index (χ4n) is 4.30. The number of benzene rings is 1. The first-order valence-electron chi connectivity index (χ1n) is 9.84. The van der Waals surface area contributed by atoms with Gasteiger partial charge in [-0.1, -0.05) is 38.6 Å². The van der Waals surface area contributed by atoms with Crippen LogP contribution >= 0.6 is 0 Å². The zero-order valence-electron chi connectivity index (χ0n) is 15.8. The Hall–Kier alpha value is -1.61. The number of nitrogens with zero attached hydrogens (tertiary/aromatic N) is 2. The second-order valence-electron chi connectivity index (χ2n) is 8.07. The Bertz CT molecular complexity index is 593. The van der Waals surface area contributed by atoms with Crippen LogP contribution in [0.25, 0.3) is 6.08 Å². The molecule has 2 aliphatic heterocycles. The lowest BCUT2D eigenvalue weighted by molar-refractivity contribution is 0.0194. The first-order chi connectivity index (χ1) is 12.1. The average molecular weight is 341 g/mol. The molecule has 25 heavy (non-hydrogen) atoms. The summed E-state index contributed by atoms with van der Waals surface area (Å²) in [5, 5.41) is 0. The Morgan fingerprint density at radius 2 is 2.00 bits per heavy atom. The minimum Gasteiger partial charge on any atom is -0.335 e. The molecule has 3 heteroatoms. The van der Waals surface area contributed by atoms with E-state index in [1.807, 2.05) is 30.3 Å². The van der Waals surface area contributed by atoms with Gasteiger partial charge in [-0.05, 0) is 61.8 Å². The van der Waals surface area contributed by atoms with Gasteiger partial charge in [-0.15, -0.1) is 0 Å². The fraction of sp³-hybridized carbons (Fsp3) is 0.591. The summed E-state index contributed by atoms with van der Waals surface area (Å²) in [6, 6.07) is 8.28. The topological polar surface area (TPSA) is 23.6 Å². The summed E-state index contributed by atoms with van der Waals surface area (Å²) in [6.07, 6.45) is 6.62. The number of hydrogen-bond acceptors (Lipinski definition) is 2. The van der Waals surface area contributed by atoms with Gasteiger partial charge in [0.05, 0.1) is 0 Å². The van der Waals surface area contributed by atoms with Gasteiger partial charge in [-0.25, -0.2) is 0 Å². The average Bonchev–Trinajstić information content (AvgIpc) is 2.65. The third-order valence-electron chi connectivity index (χ3n) is 5.83. The van der Waals surface area contributed by atoms with Gasteiger partial charge in [0.15, 0.2) is 0 Å². The van der Waals surface area contributed by atoms with E-state index in [2.05, 4.69) is 30.2 Å². The molecule has 0 unspecified atom stereocenters. The van der Waals surface area contributed by atoms with E-state index >= 15 is 0 Å². The molecule has 0 aromatic heterocycles. The molecule has 2 aliphatic rings. The molecule has 0 radical (unpaired) electrons. The van der Waals surface area contributed by atoms with E-state index in [0.29, 0.717) is 12.0 Å². The Balaban J connectivity index is 1.65. The monoisotopic (exact) mass is 340 g/mol. The van der Waals surface area contributed by atoms with Crippen molar-refractivity contribution in [1.82, 2.24) is 9.80 Å². The summed E-state index contributed by atoms with van der Waals surface area (Å²) in [5.41, 5.74) is 1.88. The Morgan fingerprint density at radius 1 is 1.24 bits per heavy atom. The van der Waals surface area contributed by atoms with Gasteiger partial charge in [0.2, 0.25) is 0 Å². The zero-order valence-corrected chi connectivity index (χ0v) is 15.8. The lowest BCUT2D eigenvalue weighted by Gasteiger charge is -2.47. The molecule has 1 aromatic carbocycles. The van der Waals surface area contributed by atoms with Crippen LogP contribution in [0.15, 0.2) is 30.8 Å². The van der Waals surface area contributed by atoms with Gasteiger partial charge in [-0.2, -0.15) is 0 Å². The highest BCUT2D eigenvalue weighted by molar-refractivity contribution is 5.94. The first-order valence-corrected chi connectivity index (χ1v) is 9.84. The largest absolute Gasteiger partial charge is 0.335 e. The molecular weight excluding hydrogens is 308 g/mol. The lowest BCUT2D eigenvalue weighted by Crippen LogP contribution is -2.55. The van der Waals surface area contributed by atoms with E-state index in [1.165, 1.54) is 19.4 Å². The van der Waals surface area contributed by atoms with Crippen molar-refractivity contribution < 1.29 is 4.79 Å². The van der Waals surface area contributed by atoms with E-state index < -0.39 is 0 Å². The SMILES string of the molecule is C=Cc1ccc(C(=O)N2CCC[C@@H]3CN(CCC(C)C)CC[C@H]32)cc1. The van der Waals surface area contributed by atoms with Crippen LogP contribution in [0.2, 0.25) is 0 Å². The predicted molar refractivity (Wildman–Crippen MR) is 105 cm³/mol. The highest BCUT2D eigenvalue weighted by Gasteiger charge is 2.38. The van der Waals surface area contributed by atoms with Crippen LogP contribution in [-0.2, 0) is 0 Å². The van der Waals surface area contributed by atoms with Gasteiger partial charge in [0.1, 0.15) is 0 Å². The second kappa shape index (κ2) is 8.18. The summed E-state index contributed by atoms with van der Waals surface area (Å²) in [7, 11) is 0. The number of rotatable bonds is 5. The maximum Gasteiger partial charge on any atom is 0.254 e. The molecule has 3 rings (SSSR count). The molecule has 0 aliphatic carbocycles. The molecule has 1 aromatic rings. The standard InChI is InChI=1S/C22H32N2O/c1-4-18-7-9-19(10-8-18)22(25)24-13-5-6-20-16-23(14-11-17(2)3)15-12-21(20)24/h4,7-10,17,20-21H,1,5-6,11-16H2,2-3H3/t20-,21-/m1/s1. The Kier molecular flexibility index (Phi) is 5.95. The van der Waals surface area contributed by atoms with Crippen molar-refractivity contribution in [3.8, 4) is 0 Å². The van der Waals surface area contributed by atoms with Crippen LogP contribution in [0, 0.1) is 11.8 Å². The van der Waals surface area contributed by atoms with Crippen molar-refractivity contribution >= 4 is 12.0 Å². The number of carbonyl (C=O) groups is 1. The Labute approximate surface area is 152 Å². The molecule has 0 N–H and O–H groups in total. The van der Waals surface area contributed by atoms with E-state index in [4.69, 9.17) is 0 Å². The quantitative estimate of drug-likeness (QED) is 0.798. The highest BCUT2D eigenvalue weighted by Crippen LogP contribution is 2.32. The molecule has 2 saturated heterocycles. The van der Waals surface area contributed by atoms with E-state index in [-0.39, 0.29) is 5.91 Å². The number of fused-ring (bicyclic) bond motifs is 1. The summed E-state index contributed by atoms with van der Waals surface area (Å²) in [6.45, 7) is 12.8. The number of likely N-dealkylation sites (tertiary alicyclic amines) is 2. The van der Waals surface area contributed by atoms with Crippen molar-refractivity contribution in [1.29, 1.82) is 0 Å². The summed E-state index contributed by atoms with van der Waals surface area (Å²) in [4.78, 5) is 17.8. The number of amides is 1. The smallest absolute Gasteiger partial charge is 0.254 e. The van der Waals surface area contributed by atoms with E-state index in [9.17, 15) is 4.79 Å². The maximum absolute atomic E-state index is 13.0. The molecule has 2 heterocycles. The van der Waals surface area contributed by atoms with Gasteiger partial charge in [-0.3, -0.25) is 4.79 Å². The van der Waals surface area contributed by atoms with Crippen molar-refractivity contribution in [3.63, 3.8) is 0 Å². The number of piperidine rings is 2. The summed E-state index contributed by atoms with van der Waals surface area (Å²) < 4.78 is 0. The van der Waals surface area contributed by atoms with Crippen LogP contribution in [0.4, 0.5) is 0 Å². The lowest BCUT2D eigenvalue weighted by atomic mass is 9.83. The third-order valence-corrected chi connectivity index (χ3v) is 5.83. The van der Waals surface area contributed by atoms with Crippen molar-refractivity contribution in [3.05, 3.63) is 42.0 Å². The normalized spacial score (nSPS) is 24.2. The highest BCUT2D eigenvalue weighted by atomic mass is 16.2. The minimum atomic E-state index is 0.209. The number of hydrogen-bond donors (Lipinski definition) is 0. The third kappa shape index (κ3) is 4.33. The maximum atomic E-state index is 13.0. The van der Waals surface area contributed by atoms with Crippen molar-refractivity contribution in [2.24, 2.45) is 11.8 Å². The van der Waals surface area contributed by atoms with Crippen LogP contribution < -0.4 is 0 Å². The molecule has 136 valence electrons. The van der Waals surface area contributed by atoms with Gasteiger partial charge >= 0.3 is 0 Å². The van der Waals surface area contributed by atoms with Gasteiger partial charge < -0.3 is 9.80 Å². The van der Waals surface area contributed by atoms with Gasteiger partial charge in [0, 0.05) is 31.2 Å². The molecule has 3 nitrogen and oxygen atoms in total. The first kappa shape index (κ1) is 18.2. The van der Waals surface area contributed by atoms with Crippen LogP contribution in [0.3, 0.4) is 0 Å². The second-order valence-corrected chi connectivity index (χ2v) is 8.07. The molecule has 0 bridgehead atoms. The van der Waals surface area contributed by atoms with E-state index in [1.54, 1.807) is 0 Å². The van der Waals surface area contributed by atoms with Crippen molar-refractivity contribution in [2.45, 2.75) is 45.6 Å². The zero-order chi connectivity index (χ0) is 17.8. The Morgan fingerprint density at radius 3 is 2.68 bits per heavy atom. The van der Waals surface area contributed by atoms with Gasteiger partial charge in [0.25, 0.3) is 5.91 Å². The molecule has 0 saturated carbocycles. The van der Waals surface area contributed by atoms with E-state index in [0.717, 1.165) is 49.5 Å². The molecule has 2 atom stereocenters. The predicted octanol–water partition coefficient (Wildman–Crippen LogP) is 4.30. The molecule has 0 spiro atoms. The molecule has 1 amide bonds. The summed E-state index contributed by atoms with van der Waals surface area (Å²) >= 11 is 0. The molecular formula is C22H32N2O.